The van der Waals surface area contributed by atoms with Crippen LogP contribution in [-0.4, -0.2) is 49.5 Å². The molecule has 2 heterocycles. The van der Waals surface area contributed by atoms with E-state index in [4.69, 9.17) is 9.47 Å². The molecule has 2 saturated heterocycles. The summed E-state index contributed by atoms with van der Waals surface area (Å²) in [5.74, 6) is 0. The van der Waals surface area contributed by atoms with Crippen molar-refractivity contribution >= 4 is 0 Å². The number of hydrogen-bond donors (Lipinski definition) is 0. The van der Waals surface area contributed by atoms with Crippen LogP contribution in [0.1, 0.15) is 13.8 Å². The smallest absolute Gasteiger partial charge is 0.0936 e. The van der Waals surface area contributed by atoms with E-state index in [-0.39, 0.29) is 5.54 Å². The molecule has 2 fully saturated rings. The molecular formula is C9H17NO2. The van der Waals surface area contributed by atoms with Crippen LogP contribution in [-0.2, 0) is 9.47 Å². The predicted octanol–water partition coefficient (Wildman–Crippen LogP) is 0.496. The third-order valence-corrected chi connectivity index (χ3v) is 2.64. The monoisotopic (exact) mass is 171 g/mol. The summed E-state index contributed by atoms with van der Waals surface area (Å²) in [5.41, 5.74) is 0.199. The van der Waals surface area contributed by atoms with Crippen molar-refractivity contribution in [2.24, 2.45) is 0 Å². The average molecular weight is 171 g/mol. The van der Waals surface area contributed by atoms with Crippen LogP contribution in [0.2, 0.25) is 0 Å². The van der Waals surface area contributed by atoms with E-state index in [0.717, 1.165) is 32.9 Å². The van der Waals surface area contributed by atoms with Gasteiger partial charge in [-0.2, -0.15) is 0 Å². The summed E-state index contributed by atoms with van der Waals surface area (Å²) in [4.78, 5) is 2.47. The summed E-state index contributed by atoms with van der Waals surface area (Å²) in [6.07, 6.45) is 0.502. The zero-order valence-corrected chi connectivity index (χ0v) is 7.88. The highest BCUT2D eigenvalue weighted by atomic mass is 16.6. The second-order valence-corrected chi connectivity index (χ2v) is 4.27. The molecule has 2 rings (SSSR count). The first-order valence-electron chi connectivity index (χ1n) is 4.63. The Bertz CT molecular complexity index is 166. The summed E-state index contributed by atoms with van der Waals surface area (Å²) < 4.78 is 10.7. The van der Waals surface area contributed by atoms with Gasteiger partial charge in [0.05, 0.1) is 25.9 Å². The molecule has 0 aromatic carbocycles. The molecule has 70 valence electrons. The Morgan fingerprint density at radius 3 is 2.83 bits per heavy atom. The van der Waals surface area contributed by atoms with E-state index in [0.29, 0.717) is 6.10 Å². The molecule has 3 heteroatoms. The fourth-order valence-electron chi connectivity index (χ4n) is 1.65. The molecule has 0 aromatic heterocycles. The maximum atomic E-state index is 5.43. The van der Waals surface area contributed by atoms with Crippen molar-refractivity contribution in [2.75, 3.05) is 32.9 Å². The van der Waals surface area contributed by atoms with E-state index in [9.17, 15) is 0 Å². The number of rotatable bonds is 2. The number of ether oxygens (including phenoxy) is 2. The highest BCUT2D eigenvalue weighted by molar-refractivity contribution is 4.88. The van der Waals surface area contributed by atoms with Crippen molar-refractivity contribution in [1.29, 1.82) is 0 Å². The normalized spacial score (nSPS) is 35.0. The van der Waals surface area contributed by atoms with Gasteiger partial charge in [0, 0.05) is 18.6 Å². The molecule has 2 aliphatic heterocycles. The van der Waals surface area contributed by atoms with Gasteiger partial charge in [-0.1, -0.05) is 0 Å². The van der Waals surface area contributed by atoms with Crippen molar-refractivity contribution in [3.63, 3.8) is 0 Å². The van der Waals surface area contributed by atoms with Crippen LogP contribution < -0.4 is 0 Å². The quantitative estimate of drug-likeness (QED) is 0.565. The Kier molecular flexibility index (Phi) is 2.10. The molecule has 0 amide bonds. The Labute approximate surface area is 73.6 Å². The molecular weight excluding hydrogens is 154 g/mol. The van der Waals surface area contributed by atoms with E-state index in [1.165, 1.54) is 0 Å². The Morgan fingerprint density at radius 1 is 1.50 bits per heavy atom. The molecule has 0 saturated carbocycles. The van der Waals surface area contributed by atoms with E-state index >= 15 is 0 Å². The molecule has 1 atom stereocenters. The number of hydrogen-bond acceptors (Lipinski definition) is 3. The lowest BCUT2D eigenvalue weighted by Crippen LogP contribution is -2.54. The number of epoxide rings is 1. The van der Waals surface area contributed by atoms with Gasteiger partial charge in [-0.05, 0) is 13.8 Å². The van der Waals surface area contributed by atoms with Crippen molar-refractivity contribution in [3.05, 3.63) is 0 Å². The number of morpholine rings is 1. The molecule has 0 unspecified atom stereocenters. The van der Waals surface area contributed by atoms with Crippen molar-refractivity contribution in [1.82, 2.24) is 4.90 Å². The molecule has 0 radical (unpaired) electrons. The minimum atomic E-state index is 0.199. The van der Waals surface area contributed by atoms with Crippen LogP contribution in [0.15, 0.2) is 0 Å². The fourth-order valence-corrected chi connectivity index (χ4v) is 1.65. The highest BCUT2D eigenvalue weighted by Gasteiger charge is 2.35. The van der Waals surface area contributed by atoms with Crippen LogP contribution in [0, 0.1) is 0 Å². The van der Waals surface area contributed by atoms with Gasteiger partial charge in [0.1, 0.15) is 0 Å². The lowest BCUT2D eigenvalue weighted by atomic mass is 10.0. The van der Waals surface area contributed by atoms with Crippen LogP contribution in [0.4, 0.5) is 0 Å². The molecule has 0 aliphatic carbocycles. The minimum absolute atomic E-state index is 0.199. The van der Waals surface area contributed by atoms with Gasteiger partial charge >= 0.3 is 0 Å². The van der Waals surface area contributed by atoms with Crippen LogP contribution in [0.25, 0.3) is 0 Å². The Morgan fingerprint density at radius 2 is 2.25 bits per heavy atom. The Hall–Kier alpha value is -0.120. The van der Waals surface area contributed by atoms with Gasteiger partial charge in [-0.3, -0.25) is 4.90 Å². The van der Waals surface area contributed by atoms with E-state index in [1.807, 2.05) is 0 Å². The van der Waals surface area contributed by atoms with Crippen LogP contribution in [0.5, 0.6) is 0 Å². The van der Waals surface area contributed by atoms with Gasteiger partial charge in [0.25, 0.3) is 0 Å². The molecule has 2 aliphatic rings. The van der Waals surface area contributed by atoms with E-state index in [2.05, 4.69) is 18.7 Å². The van der Waals surface area contributed by atoms with Gasteiger partial charge in [-0.15, -0.1) is 0 Å². The summed E-state index contributed by atoms with van der Waals surface area (Å²) in [5, 5.41) is 0. The molecule has 0 bridgehead atoms. The summed E-state index contributed by atoms with van der Waals surface area (Å²) in [7, 11) is 0. The molecule has 0 aromatic rings. The van der Waals surface area contributed by atoms with Crippen molar-refractivity contribution in [2.45, 2.75) is 25.5 Å². The van der Waals surface area contributed by atoms with Crippen LogP contribution >= 0.6 is 0 Å². The first kappa shape index (κ1) is 8.48. The van der Waals surface area contributed by atoms with Gasteiger partial charge in [0.2, 0.25) is 0 Å². The molecule has 0 spiro atoms. The minimum Gasteiger partial charge on any atom is -0.378 e. The second kappa shape index (κ2) is 2.98. The summed E-state index contributed by atoms with van der Waals surface area (Å²) in [6.45, 7) is 9.26. The second-order valence-electron chi connectivity index (χ2n) is 4.27. The van der Waals surface area contributed by atoms with Gasteiger partial charge < -0.3 is 9.47 Å². The standard InChI is InChI=1S/C9H17NO2/c1-9(2)7-11-4-3-10(9)5-8-6-12-8/h8H,3-7H2,1-2H3/t8-/m0/s1. The van der Waals surface area contributed by atoms with Crippen molar-refractivity contribution in [3.8, 4) is 0 Å². The number of nitrogens with zero attached hydrogens (tertiary/aromatic N) is 1. The lowest BCUT2D eigenvalue weighted by molar-refractivity contribution is -0.0530. The summed E-state index contributed by atoms with van der Waals surface area (Å²) >= 11 is 0. The Balaban J connectivity index is 1.90. The van der Waals surface area contributed by atoms with E-state index in [1.54, 1.807) is 0 Å². The lowest BCUT2D eigenvalue weighted by Gasteiger charge is -2.41. The third-order valence-electron chi connectivity index (χ3n) is 2.64. The summed E-state index contributed by atoms with van der Waals surface area (Å²) in [6, 6.07) is 0. The van der Waals surface area contributed by atoms with Crippen molar-refractivity contribution < 1.29 is 9.47 Å². The fraction of sp³-hybridized carbons (Fsp3) is 1.00. The van der Waals surface area contributed by atoms with Crippen LogP contribution in [0.3, 0.4) is 0 Å². The zero-order valence-electron chi connectivity index (χ0n) is 7.88. The molecule has 12 heavy (non-hydrogen) atoms. The highest BCUT2D eigenvalue weighted by Crippen LogP contribution is 2.22. The predicted molar refractivity (Wildman–Crippen MR) is 46.2 cm³/mol. The van der Waals surface area contributed by atoms with Gasteiger partial charge in [0.15, 0.2) is 0 Å². The average Bonchev–Trinajstić information content (AvgIpc) is 2.77. The van der Waals surface area contributed by atoms with Gasteiger partial charge in [-0.25, -0.2) is 0 Å². The maximum Gasteiger partial charge on any atom is 0.0936 e. The molecule has 0 N–H and O–H groups in total. The topological polar surface area (TPSA) is 25.0 Å². The van der Waals surface area contributed by atoms with E-state index < -0.39 is 0 Å². The SMILES string of the molecule is CC1(C)COCCN1C[C@H]1CO1. The molecule has 3 nitrogen and oxygen atoms in total. The first-order valence-corrected chi connectivity index (χ1v) is 4.63. The largest absolute Gasteiger partial charge is 0.378 e. The first-order chi connectivity index (χ1) is 5.68. The zero-order chi connectivity index (χ0) is 8.60. The maximum absolute atomic E-state index is 5.43. The third kappa shape index (κ3) is 1.79.